The molecule has 0 fully saturated rings. The highest BCUT2D eigenvalue weighted by molar-refractivity contribution is 7.09. The Hall–Kier alpha value is -1.13. The smallest absolute Gasteiger partial charge is 0.171 e. The minimum Gasteiger partial charge on any atom is -0.354 e. The molecule has 0 aliphatic carbocycles. The Kier molecular flexibility index (Phi) is 4.42. The summed E-state index contributed by atoms with van der Waals surface area (Å²) >= 11 is 7.99. The van der Waals surface area contributed by atoms with E-state index in [4.69, 9.17) is 11.6 Å². The molecule has 5 heteroatoms. The summed E-state index contributed by atoms with van der Waals surface area (Å²) in [6, 6.07) is 4.56. The fourth-order valence-corrected chi connectivity index (χ4v) is 2.98. The van der Waals surface area contributed by atoms with E-state index in [1.165, 1.54) is 4.88 Å². The van der Waals surface area contributed by atoms with Crippen molar-refractivity contribution in [2.45, 2.75) is 33.2 Å². The lowest BCUT2D eigenvalue weighted by molar-refractivity contribution is 0.677. The number of aryl methyl sites for hydroxylation is 2. The largest absolute Gasteiger partial charge is 0.354 e. The van der Waals surface area contributed by atoms with Crippen LogP contribution >= 0.6 is 22.9 Å². The summed E-state index contributed by atoms with van der Waals surface area (Å²) in [4.78, 5) is 12.4. The maximum absolute atomic E-state index is 6.21. The Morgan fingerprint density at radius 2 is 2.00 bits per heavy atom. The van der Waals surface area contributed by atoms with E-state index in [9.17, 15) is 0 Å². The summed E-state index contributed by atoms with van der Waals surface area (Å²) < 4.78 is 0. The standard InChI is InChI=1S/C14H18ClN3S/c1-9(8-12-6-5-7-19-12)18(4)14-13(15)16-10(2)11(3)17-14/h5-7,9H,8H2,1-4H3. The van der Waals surface area contributed by atoms with Crippen molar-refractivity contribution in [1.82, 2.24) is 9.97 Å². The summed E-state index contributed by atoms with van der Waals surface area (Å²) in [6.45, 7) is 6.06. The third-order valence-corrected chi connectivity index (χ3v) is 4.47. The molecule has 19 heavy (non-hydrogen) atoms. The van der Waals surface area contributed by atoms with Gasteiger partial charge >= 0.3 is 0 Å². The minimum absolute atomic E-state index is 0.326. The van der Waals surface area contributed by atoms with E-state index in [0.29, 0.717) is 11.2 Å². The molecule has 0 saturated heterocycles. The molecule has 0 spiro atoms. The van der Waals surface area contributed by atoms with Gasteiger partial charge in [-0.3, -0.25) is 0 Å². The number of thiophene rings is 1. The molecule has 0 amide bonds. The molecule has 0 aliphatic heterocycles. The van der Waals surface area contributed by atoms with Crippen LogP contribution in [0, 0.1) is 13.8 Å². The Morgan fingerprint density at radius 1 is 1.32 bits per heavy atom. The maximum atomic E-state index is 6.21. The van der Waals surface area contributed by atoms with Gasteiger partial charge in [-0.2, -0.15) is 0 Å². The first-order valence-corrected chi connectivity index (χ1v) is 7.50. The van der Waals surface area contributed by atoms with Crippen molar-refractivity contribution in [3.63, 3.8) is 0 Å². The van der Waals surface area contributed by atoms with Gasteiger partial charge in [0.2, 0.25) is 0 Å². The van der Waals surface area contributed by atoms with Crippen molar-refractivity contribution in [1.29, 1.82) is 0 Å². The molecule has 1 atom stereocenters. The van der Waals surface area contributed by atoms with Crippen molar-refractivity contribution in [2.24, 2.45) is 0 Å². The predicted molar refractivity (Wildman–Crippen MR) is 82.4 cm³/mol. The van der Waals surface area contributed by atoms with Crippen molar-refractivity contribution in [2.75, 3.05) is 11.9 Å². The van der Waals surface area contributed by atoms with Gasteiger partial charge in [-0.15, -0.1) is 11.3 Å². The van der Waals surface area contributed by atoms with E-state index in [1.54, 1.807) is 11.3 Å². The van der Waals surface area contributed by atoms with Gasteiger partial charge in [0, 0.05) is 24.4 Å². The third kappa shape index (κ3) is 3.25. The number of nitrogens with zero attached hydrogens (tertiary/aromatic N) is 3. The lowest BCUT2D eigenvalue weighted by Crippen LogP contribution is -2.31. The summed E-state index contributed by atoms with van der Waals surface area (Å²) in [5, 5.41) is 2.58. The Morgan fingerprint density at radius 3 is 2.63 bits per heavy atom. The number of aromatic nitrogens is 2. The quantitative estimate of drug-likeness (QED) is 0.857. The van der Waals surface area contributed by atoms with Crippen LogP contribution in [0.4, 0.5) is 5.82 Å². The Bertz CT molecular complexity index is 554. The highest BCUT2D eigenvalue weighted by atomic mass is 35.5. The summed E-state index contributed by atoms with van der Waals surface area (Å²) in [5.41, 5.74) is 1.81. The lowest BCUT2D eigenvalue weighted by Gasteiger charge is -2.26. The molecule has 2 heterocycles. The second-order valence-electron chi connectivity index (χ2n) is 4.75. The topological polar surface area (TPSA) is 29.0 Å². The normalized spacial score (nSPS) is 12.5. The van der Waals surface area contributed by atoms with Gasteiger partial charge < -0.3 is 4.90 Å². The molecular formula is C14H18ClN3S. The fourth-order valence-electron chi connectivity index (χ4n) is 1.85. The molecule has 0 radical (unpaired) electrons. The van der Waals surface area contributed by atoms with Crippen molar-refractivity contribution in [3.8, 4) is 0 Å². The van der Waals surface area contributed by atoms with E-state index >= 15 is 0 Å². The molecule has 2 rings (SSSR count). The van der Waals surface area contributed by atoms with E-state index in [0.717, 1.165) is 23.6 Å². The molecule has 2 aromatic heterocycles. The predicted octanol–water partition coefficient (Wildman–Crippen LogP) is 3.88. The van der Waals surface area contributed by atoms with Gasteiger partial charge in [0.1, 0.15) is 0 Å². The number of hydrogen-bond acceptors (Lipinski definition) is 4. The number of halogens is 1. The number of likely N-dealkylation sites (N-methyl/N-ethyl adjacent to an activating group) is 1. The molecule has 3 nitrogen and oxygen atoms in total. The summed E-state index contributed by atoms with van der Waals surface area (Å²) in [6.07, 6.45) is 0.985. The summed E-state index contributed by atoms with van der Waals surface area (Å²) in [5.74, 6) is 0.758. The highest BCUT2D eigenvalue weighted by Crippen LogP contribution is 2.24. The Balaban J connectivity index is 2.19. The molecule has 0 aliphatic rings. The van der Waals surface area contributed by atoms with Crippen LogP contribution in [0.3, 0.4) is 0 Å². The fraction of sp³-hybridized carbons (Fsp3) is 0.429. The molecule has 0 bridgehead atoms. The number of rotatable bonds is 4. The average molecular weight is 296 g/mol. The van der Waals surface area contributed by atoms with Crippen LogP contribution in [0.25, 0.3) is 0 Å². The van der Waals surface area contributed by atoms with Crippen LogP contribution in [0.5, 0.6) is 0 Å². The molecule has 2 aromatic rings. The molecule has 102 valence electrons. The molecule has 0 N–H and O–H groups in total. The van der Waals surface area contributed by atoms with Crippen LogP contribution in [0.15, 0.2) is 17.5 Å². The van der Waals surface area contributed by atoms with Crippen molar-refractivity contribution in [3.05, 3.63) is 38.9 Å². The SMILES string of the molecule is Cc1nc(Cl)c(N(C)C(C)Cc2cccs2)nc1C. The maximum Gasteiger partial charge on any atom is 0.171 e. The zero-order chi connectivity index (χ0) is 14.0. The van der Waals surface area contributed by atoms with Gasteiger partial charge in [-0.25, -0.2) is 9.97 Å². The zero-order valence-corrected chi connectivity index (χ0v) is 13.2. The van der Waals surface area contributed by atoms with E-state index in [-0.39, 0.29) is 0 Å². The number of anilines is 1. The van der Waals surface area contributed by atoms with Gasteiger partial charge in [0.25, 0.3) is 0 Å². The lowest BCUT2D eigenvalue weighted by atomic mass is 10.2. The highest BCUT2D eigenvalue weighted by Gasteiger charge is 2.17. The molecule has 0 aromatic carbocycles. The van der Waals surface area contributed by atoms with Gasteiger partial charge in [-0.1, -0.05) is 17.7 Å². The van der Waals surface area contributed by atoms with Crippen LogP contribution in [-0.2, 0) is 6.42 Å². The van der Waals surface area contributed by atoms with Crippen LogP contribution in [0.1, 0.15) is 23.2 Å². The van der Waals surface area contributed by atoms with E-state index < -0.39 is 0 Å². The third-order valence-electron chi connectivity index (χ3n) is 3.32. The average Bonchev–Trinajstić information content (AvgIpc) is 2.85. The molecule has 0 saturated carbocycles. The van der Waals surface area contributed by atoms with Crippen LogP contribution in [-0.4, -0.2) is 23.1 Å². The van der Waals surface area contributed by atoms with Crippen molar-refractivity contribution >= 4 is 28.8 Å². The van der Waals surface area contributed by atoms with E-state index in [2.05, 4.69) is 39.3 Å². The van der Waals surface area contributed by atoms with Gasteiger partial charge in [0.15, 0.2) is 11.0 Å². The second-order valence-corrected chi connectivity index (χ2v) is 6.14. The Labute approximate surface area is 123 Å². The minimum atomic E-state index is 0.326. The molecular weight excluding hydrogens is 278 g/mol. The first-order valence-electron chi connectivity index (χ1n) is 6.25. The van der Waals surface area contributed by atoms with E-state index in [1.807, 2.05) is 20.9 Å². The van der Waals surface area contributed by atoms with Gasteiger partial charge in [0.05, 0.1) is 11.4 Å². The van der Waals surface area contributed by atoms with Crippen LogP contribution in [0.2, 0.25) is 5.15 Å². The first kappa shape index (κ1) is 14.3. The second kappa shape index (κ2) is 5.88. The van der Waals surface area contributed by atoms with Crippen molar-refractivity contribution < 1.29 is 0 Å². The van der Waals surface area contributed by atoms with Gasteiger partial charge in [-0.05, 0) is 32.2 Å². The monoisotopic (exact) mass is 295 g/mol. The number of hydrogen-bond donors (Lipinski definition) is 0. The summed E-state index contributed by atoms with van der Waals surface area (Å²) in [7, 11) is 2.02. The first-order chi connectivity index (χ1) is 8.99. The van der Waals surface area contributed by atoms with Crippen LogP contribution < -0.4 is 4.90 Å². The zero-order valence-electron chi connectivity index (χ0n) is 11.6. The molecule has 1 unspecified atom stereocenters.